The van der Waals surface area contributed by atoms with E-state index in [0.717, 1.165) is 12.0 Å². The molecular weight excluding hydrogens is 140 g/mol. The van der Waals surface area contributed by atoms with Gasteiger partial charge in [0, 0.05) is 5.54 Å². The standard InChI is InChI=1S/C6H11ClO2/c1-2-3-5(8)6(9)4-7/h4-5,8-9H,2-3H2,1H3. The van der Waals surface area contributed by atoms with E-state index in [1.165, 1.54) is 0 Å². The van der Waals surface area contributed by atoms with Gasteiger partial charge in [-0.05, 0) is 6.42 Å². The minimum atomic E-state index is -0.785. The van der Waals surface area contributed by atoms with Gasteiger partial charge in [-0.15, -0.1) is 0 Å². The van der Waals surface area contributed by atoms with Crippen LogP contribution >= 0.6 is 11.6 Å². The van der Waals surface area contributed by atoms with Gasteiger partial charge in [0.1, 0.15) is 11.9 Å². The van der Waals surface area contributed by atoms with Crippen LogP contribution in [0.1, 0.15) is 19.8 Å². The lowest BCUT2D eigenvalue weighted by Crippen LogP contribution is -2.08. The molecule has 0 aromatic rings. The van der Waals surface area contributed by atoms with Crippen LogP contribution in [0, 0.1) is 0 Å². The first-order valence-corrected chi connectivity index (χ1v) is 3.33. The largest absolute Gasteiger partial charge is 0.509 e. The summed E-state index contributed by atoms with van der Waals surface area (Å²) >= 11 is 5.11. The molecule has 0 rings (SSSR count). The van der Waals surface area contributed by atoms with E-state index in [4.69, 9.17) is 21.8 Å². The molecule has 0 saturated carbocycles. The zero-order valence-corrected chi connectivity index (χ0v) is 6.10. The van der Waals surface area contributed by atoms with E-state index in [-0.39, 0.29) is 5.76 Å². The summed E-state index contributed by atoms with van der Waals surface area (Å²) in [6.07, 6.45) is 0.595. The molecular formula is C6H11ClO2. The van der Waals surface area contributed by atoms with Crippen LogP contribution in [0.3, 0.4) is 0 Å². The Bertz CT molecular complexity index is 101. The quantitative estimate of drug-likeness (QED) is 0.603. The summed E-state index contributed by atoms with van der Waals surface area (Å²) in [6.45, 7) is 1.92. The Morgan fingerprint density at radius 3 is 2.67 bits per heavy atom. The molecule has 0 amide bonds. The van der Waals surface area contributed by atoms with E-state index < -0.39 is 6.10 Å². The number of rotatable bonds is 3. The highest BCUT2D eigenvalue weighted by atomic mass is 35.5. The van der Waals surface area contributed by atoms with Crippen LogP contribution < -0.4 is 0 Å². The van der Waals surface area contributed by atoms with Crippen molar-refractivity contribution in [3.63, 3.8) is 0 Å². The Balaban J connectivity index is 3.59. The molecule has 0 aromatic carbocycles. The topological polar surface area (TPSA) is 40.5 Å². The van der Waals surface area contributed by atoms with E-state index in [0.29, 0.717) is 6.42 Å². The first-order valence-electron chi connectivity index (χ1n) is 2.89. The Morgan fingerprint density at radius 1 is 1.78 bits per heavy atom. The van der Waals surface area contributed by atoms with Crippen LogP contribution in [0.15, 0.2) is 11.3 Å². The molecule has 0 aliphatic heterocycles. The molecule has 54 valence electrons. The summed E-state index contributed by atoms with van der Waals surface area (Å²) in [6, 6.07) is 0. The molecule has 0 radical (unpaired) electrons. The molecule has 0 saturated heterocycles. The monoisotopic (exact) mass is 150 g/mol. The molecule has 0 aromatic heterocycles. The number of hydrogen-bond acceptors (Lipinski definition) is 2. The lowest BCUT2D eigenvalue weighted by atomic mass is 10.2. The van der Waals surface area contributed by atoms with Gasteiger partial charge < -0.3 is 10.2 Å². The van der Waals surface area contributed by atoms with Crippen LogP contribution in [0.4, 0.5) is 0 Å². The minimum Gasteiger partial charge on any atom is -0.509 e. The maximum Gasteiger partial charge on any atom is 0.132 e. The number of aliphatic hydroxyl groups is 2. The molecule has 2 N–H and O–H groups in total. The van der Waals surface area contributed by atoms with Crippen LogP contribution in [-0.4, -0.2) is 16.3 Å². The zero-order chi connectivity index (χ0) is 7.28. The second kappa shape index (κ2) is 4.65. The highest BCUT2D eigenvalue weighted by Gasteiger charge is 2.05. The maximum atomic E-state index is 8.91. The summed E-state index contributed by atoms with van der Waals surface area (Å²) in [4.78, 5) is 0. The third kappa shape index (κ3) is 3.38. The number of hydrogen-bond donors (Lipinski definition) is 2. The van der Waals surface area contributed by atoms with Gasteiger partial charge in [-0.1, -0.05) is 24.9 Å². The van der Waals surface area contributed by atoms with E-state index in [2.05, 4.69) is 0 Å². The molecule has 0 aliphatic carbocycles. The van der Waals surface area contributed by atoms with Crippen molar-refractivity contribution in [3.8, 4) is 0 Å². The van der Waals surface area contributed by atoms with Crippen molar-refractivity contribution in [3.05, 3.63) is 11.3 Å². The van der Waals surface area contributed by atoms with E-state index >= 15 is 0 Å². The molecule has 0 aliphatic rings. The van der Waals surface area contributed by atoms with Gasteiger partial charge in [-0.2, -0.15) is 0 Å². The lowest BCUT2D eigenvalue weighted by Gasteiger charge is -2.05. The minimum absolute atomic E-state index is 0.154. The fourth-order valence-electron chi connectivity index (χ4n) is 0.494. The van der Waals surface area contributed by atoms with Gasteiger partial charge in [0.25, 0.3) is 0 Å². The predicted molar refractivity (Wildman–Crippen MR) is 37.5 cm³/mol. The lowest BCUT2D eigenvalue weighted by molar-refractivity contribution is 0.144. The molecule has 3 heteroatoms. The first kappa shape index (κ1) is 8.79. The van der Waals surface area contributed by atoms with Gasteiger partial charge >= 0.3 is 0 Å². The van der Waals surface area contributed by atoms with Gasteiger partial charge in [0.05, 0.1) is 0 Å². The van der Waals surface area contributed by atoms with E-state index in [1.807, 2.05) is 6.92 Å². The molecule has 1 atom stereocenters. The van der Waals surface area contributed by atoms with E-state index in [1.54, 1.807) is 0 Å². The summed E-state index contributed by atoms with van der Waals surface area (Å²) in [5.74, 6) is -0.154. The third-order valence-electron chi connectivity index (χ3n) is 1.02. The molecule has 1 unspecified atom stereocenters. The Morgan fingerprint density at radius 2 is 2.33 bits per heavy atom. The van der Waals surface area contributed by atoms with Gasteiger partial charge in [0.2, 0.25) is 0 Å². The van der Waals surface area contributed by atoms with Gasteiger partial charge in [-0.3, -0.25) is 0 Å². The SMILES string of the molecule is CCCC(O)C(O)=CCl. The molecule has 2 nitrogen and oxygen atoms in total. The van der Waals surface area contributed by atoms with Crippen LogP contribution in [0.25, 0.3) is 0 Å². The van der Waals surface area contributed by atoms with Crippen molar-refractivity contribution in [2.24, 2.45) is 0 Å². The molecule has 9 heavy (non-hydrogen) atoms. The van der Waals surface area contributed by atoms with Crippen molar-refractivity contribution in [2.75, 3.05) is 0 Å². The summed E-state index contributed by atoms with van der Waals surface area (Å²) in [5, 5.41) is 17.7. The Hall–Kier alpha value is -0.210. The van der Waals surface area contributed by atoms with Crippen molar-refractivity contribution < 1.29 is 10.2 Å². The predicted octanol–water partition coefficient (Wildman–Crippen LogP) is 1.79. The third-order valence-corrected chi connectivity index (χ3v) is 1.24. The van der Waals surface area contributed by atoms with Crippen molar-refractivity contribution in [1.29, 1.82) is 0 Å². The summed E-state index contributed by atoms with van der Waals surface area (Å²) in [5.41, 5.74) is 0.986. The van der Waals surface area contributed by atoms with Gasteiger partial charge in [0.15, 0.2) is 0 Å². The first-order chi connectivity index (χ1) is 4.22. The Kier molecular flexibility index (Phi) is 4.54. The fourth-order valence-corrected chi connectivity index (χ4v) is 0.639. The number of aliphatic hydroxyl groups excluding tert-OH is 2. The Labute approximate surface area is 59.8 Å². The zero-order valence-electron chi connectivity index (χ0n) is 5.34. The molecule has 0 spiro atoms. The van der Waals surface area contributed by atoms with Crippen molar-refractivity contribution in [1.82, 2.24) is 0 Å². The smallest absolute Gasteiger partial charge is 0.132 e. The maximum absolute atomic E-state index is 8.91. The summed E-state index contributed by atoms with van der Waals surface area (Å²) in [7, 11) is 0. The van der Waals surface area contributed by atoms with Gasteiger partial charge in [-0.25, -0.2) is 0 Å². The van der Waals surface area contributed by atoms with E-state index in [9.17, 15) is 0 Å². The van der Waals surface area contributed by atoms with Crippen molar-refractivity contribution in [2.45, 2.75) is 25.9 Å². The molecule has 0 heterocycles. The van der Waals surface area contributed by atoms with Crippen LogP contribution in [-0.2, 0) is 0 Å². The van der Waals surface area contributed by atoms with Crippen LogP contribution in [0.2, 0.25) is 0 Å². The average Bonchev–Trinajstić information content (AvgIpc) is 1.87. The molecule has 0 fully saturated rings. The fraction of sp³-hybridized carbons (Fsp3) is 0.667. The van der Waals surface area contributed by atoms with Crippen LogP contribution in [0.5, 0.6) is 0 Å². The highest BCUT2D eigenvalue weighted by molar-refractivity contribution is 6.25. The second-order valence-corrected chi connectivity index (χ2v) is 2.06. The summed E-state index contributed by atoms with van der Waals surface area (Å²) < 4.78 is 0. The normalized spacial score (nSPS) is 15.7. The van der Waals surface area contributed by atoms with Crippen molar-refractivity contribution >= 4 is 11.6 Å². The average molecular weight is 151 g/mol. The second-order valence-electron chi connectivity index (χ2n) is 1.84. The number of halogens is 1. The molecule has 0 bridgehead atoms. The highest BCUT2D eigenvalue weighted by Crippen LogP contribution is 2.05.